The van der Waals surface area contributed by atoms with Crippen LogP contribution >= 0.6 is 11.8 Å². The minimum atomic E-state index is -1.04. The van der Waals surface area contributed by atoms with Crippen LogP contribution in [0.3, 0.4) is 0 Å². The summed E-state index contributed by atoms with van der Waals surface area (Å²) in [6.45, 7) is -0.182. The van der Waals surface area contributed by atoms with E-state index in [1.165, 1.54) is 11.8 Å². The molecule has 0 heterocycles. The number of hydrogen-bond acceptors (Lipinski definition) is 4. The Labute approximate surface area is 74.7 Å². The molecule has 0 bridgehead atoms. The van der Waals surface area contributed by atoms with Crippen LogP contribution in [0.1, 0.15) is 0 Å². The van der Waals surface area contributed by atoms with Crippen LogP contribution in [0.25, 0.3) is 0 Å². The lowest BCUT2D eigenvalue weighted by atomic mass is 10.3. The Morgan fingerprint density at radius 1 is 1.67 bits per heavy atom. The van der Waals surface area contributed by atoms with Gasteiger partial charge in [-0.05, 0) is 6.26 Å². The maximum absolute atomic E-state index is 10.7. The molecule has 1 atom stereocenters. The maximum atomic E-state index is 10.7. The van der Waals surface area contributed by atoms with Crippen LogP contribution in [-0.2, 0) is 9.59 Å². The zero-order valence-corrected chi connectivity index (χ0v) is 7.56. The molecule has 4 N–H and O–H groups in total. The van der Waals surface area contributed by atoms with Gasteiger partial charge < -0.3 is 16.2 Å². The van der Waals surface area contributed by atoms with Crippen molar-refractivity contribution in [2.45, 2.75) is 6.04 Å². The van der Waals surface area contributed by atoms with Gasteiger partial charge in [-0.3, -0.25) is 4.79 Å². The van der Waals surface area contributed by atoms with E-state index >= 15 is 0 Å². The number of thioether (sulfide) groups is 1. The fourth-order valence-corrected chi connectivity index (χ4v) is 1.15. The van der Waals surface area contributed by atoms with E-state index in [4.69, 9.17) is 10.8 Å². The number of aliphatic carboxylic acids is 1. The van der Waals surface area contributed by atoms with Crippen molar-refractivity contribution in [3.8, 4) is 0 Å². The van der Waals surface area contributed by atoms with Crippen molar-refractivity contribution in [1.29, 1.82) is 0 Å². The molecule has 1 unspecified atom stereocenters. The number of carbonyl (C=O) groups is 2. The Balaban J connectivity index is 3.95. The van der Waals surface area contributed by atoms with Gasteiger partial charge in [0.2, 0.25) is 5.91 Å². The number of nitrogens with one attached hydrogen (secondary N) is 1. The monoisotopic (exact) mass is 192 g/mol. The number of rotatable bonds is 5. The van der Waals surface area contributed by atoms with Crippen molar-refractivity contribution in [2.24, 2.45) is 5.73 Å². The number of amides is 1. The lowest BCUT2D eigenvalue weighted by molar-refractivity contribution is -0.140. The number of carboxylic acid groups (broad SMARTS) is 1. The summed E-state index contributed by atoms with van der Waals surface area (Å²) in [5.74, 6) is -1.14. The van der Waals surface area contributed by atoms with Crippen molar-refractivity contribution >= 4 is 23.6 Å². The van der Waals surface area contributed by atoms with E-state index in [1.54, 1.807) is 6.26 Å². The predicted molar refractivity (Wildman–Crippen MR) is 47.0 cm³/mol. The summed E-state index contributed by atoms with van der Waals surface area (Å²) in [4.78, 5) is 21.2. The first-order valence-corrected chi connectivity index (χ1v) is 4.72. The predicted octanol–water partition coefficient (Wildman–Crippen LogP) is -1.12. The van der Waals surface area contributed by atoms with Crippen molar-refractivity contribution in [3.63, 3.8) is 0 Å². The molecule has 0 radical (unpaired) electrons. The smallest absolute Gasteiger partial charge is 0.327 e. The molecular formula is C6H12N2O3S. The Kier molecular flexibility index (Phi) is 5.48. The molecule has 0 rings (SSSR count). The number of nitrogens with two attached hydrogens (primary N) is 1. The maximum Gasteiger partial charge on any atom is 0.327 e. The lowest BCUT2D eigenvalue weighted by Crippen LogP contribution is -2.45. The zero-order chi connectivity index (χ0) is 9.56. The van der Waals surface area contributed by atoms with Crippen LogP contribution in [0.4, 0.5) is 0 Å². The van der Waals surface area contributed by atoms with Crippen LogP contribution in [0.5, 0.6) is 0 Å². The molecule has 70 valence electrons. The molecule has 0 spiro atoms. The normalized spacial score (nSPS) is 12.2. The summed E-state index contributed by atoms with van der Waals surface area (Å²) in [7, 11) is 0. The molecule has 6 heteroatoms. The average Bonchev–Trinajstić information content (AvgIpc) is 2.03. The Morgan fingerprint density at radius 3 is 2.58 bits per heavy atom. The van der Waals surface area contributed by atoms with Gasteiger partial charge in [-0.15, -0.1) is 0 Å². The van der Waals surface area contributed by atoms with E-state index < -0.39 is 17.9 Å². The van der Waals surface area contributed by atoms with E-state index in [1.807, 2.05) is 0 Å². The fraction of sp³-hybridized carbons (Fsp3) is 0.667. The van der Waals surface area contributed by atoms with Crippen molar-refractivity contribution in [2.75, 3.05) is 18.6 Å². The van der Waals surface area contributed by atoms with Gasteiger partial charge in [0.1, 0.15) is 6.04 Å². The molecule has 12 heavy (non-hydrogen) atoms. The lowest BCUT2D eigenvalue weighted by Gasteiger charge is -2.11. The second kappa shape index (κ2) is 5.84. The Hall–Kier alpha value is -0.750. The molecule has 0 saturated carbocycles. The SMILES string of the molecule is CSCC(NC(=O)CN)C(=O)O. The van der Waals surface area contributed by atoms with Gasteiger partial charge >= 0.3 is 5.97 Å². The number of carboxylic acids is 1. The standard InChI is InChI=1S/C6H12N2O3S/c1-12-3-4(6(10)11)8-5(9)2-7/h4H,2-3,7H2,1H3,(H,8,9)(H,10,11). The van der Waals surface area contributed by atoms with Gasteiger partial charge in [0.15, 0.2) is 0 Å². The topological polar surface area (TPSA) is 92.4 Å². The molecule has 1 amide bonds. The molecule has 0 saturated heterocycles. The highest BCUT2D eigenvalue weighted by Gasteiger charge is 2.17. The Morgan fingerprint density at radius 2 is 2.25 bits per heavy atom. The van der Waals surface area contributed by atoms with Crippen LogP contribution < -0.4 is 11.1 Å². The van der Waals surface area contributed by atoms with Gasteiger partial charge in [-0.2, -0.15) is 11.8 Å². The van der Waals surface area contributed by atoms with E-state index in [2.05, 4.69) is 5.32 Å². The average molecular weight is 192 g/mol. The van der Waals surface area contributed by atoms with Crippen molar-refractivity contribution in [1.82, 2.24) is 5.32 Å². The van der Waals surface area contributed by atoms with Crippen LogP contribution in [0, 0.1) is 0 Å². The van der Waals surface area contributed by atoms with E-state index in [0.717, 1.165) is 0 Å². The van der Waals surface area contributed by atoms with Crippen molar-refractivity contribution in [3.05, 3.63) is 0 Å². The molecule has 0 aliphatic heterocycles. The molecule has 0 aromatic rings. The zero-order valence-electron chi connectivity index (χ0n) is 6.74. The number of hydrogen-bond donors (Lipinski definition) is 3. The third-order valence-electron chi connectivity index (χ3n) is 1.15. The second-order valence-corrected chi connectivity index (χ2v) is 3.03. The molecule has 0 aromatic carbocycles. The van der Waals surface area contributed by atoms with E-state index in [0.29, 0.717) is 5.75 Å². The van der Waals surface area contributed by atoms with Gasteiger partial charge in [0.05, 0.1) is 6.54 Å². The number of carbonyl (C=O) groups excluding carboxylic acids is 1. The first-order valence-electron chi connectivity index (χ1n) is 3.33. The molecule has 5 nitrogen and oxygen atoms in total. The fourth-order valence-electron chi connectivity index (χ4n) is 0.595. The molecular weight excluding hydrogens is 180 g/mol. The molecule has 0 aliphatic carbocycles. The summed E-state index contributed by atoms with van der Waals surface area (Å²) in [5, 5.41) is 10.9. The van der Waals surface area contributed by atoms with Crippen LogP contribution in [0.2, 0.25) is 0 Å². The van der Waals surface area contributed by atoms with Gasteiger partial charge in [0, 0.05) is 5.75 Å². The van der Waals surface area contributed by atoms with E-state index in [-0.39, 0.29) is 6.54 Å². The first-order chi connectivity index (χ1) is 5.61. The third kappa shape index (κ3) is 4.20. The summed E-state index contributed by atoms with van der Waals surface area (Å²) >= 11 is 1.35. The largest absolute Gasteiger partial charge is 0.480 e. The second-order valence-electron chi connectivity index (χ2n) is 2.12. The van der Waals surface area contributed by atoms with E-state index in [9.17, 15) is 9.59 Å². The third-order valence-corrected chi connectivity index (χ3v) is 1.82. The minimum Gasteiger partial charge on any atom is -0.480 e. The highest BCUT2D eigenvalue weighted by atomic mass is 32.2. The molecule has 0 aromatic heterocycles. The first kappa shape index (κ1) is 11.2. The molecule has 0 aliphatic rings. The summed E-state index contributed by atoms with van der Waals surface area (Å²) in [5.41, 5.74) is 5.00. The summed E-state index contributed by atoms with van der Waals surface area (Å²) in [6, 6.07) is -0.837. The summed E-state index contributed by atoms with van der Waals surface area (Å²) < 4.78 is 0. The Bertz CT molecular complexity index is 172. The van der Waals surface area contributed by atoms with Gasteiger partial charge in [0.25, 0.3) is 0 Å². The van der Waals surface area contributed by atoms with Crippen LogP contribution in [0.15, 0.2) is 0 Å². The van der Waals surface area contributed by atoms with Gasteiger partial charge in [-0.25, -0.2) is 4.79 Å². The van der Waals surface area contributed by atoms with Crippen molar-refractivity contribution < 1.29 is 14.7 Å². The summed E-state index contributed by atoms with van der Waals surface area (Å²) in [6.07, 6.45) is 1.77. The minimum absolute atomic E-state index is 0.182. The molecule has 0 fully saturated rings. The highest BCUT2D eigenvalue weighted by Crippen LogP contribution is 1.96. The van der Waals surface area contributed by atoms with Crippen LogP contribution in [-0.4, -0.2) is 41.6 Å². The quantitative estimate of drug-likeness (QED) is 0.513. The van der Waals surface area contributed by atoms with Gasteiger partial charge in [-0.1, -0.05) is 0 Å². The highest BCUT2D eigenvalue weighted by molar-refractivity contribution is 7.98.